The van der Waals surface area contributed by atoms with Crippen LogP contribution in [0.2, 0.25) is 0 Å². The van der Waals surface area contributed by atoms with Gasteiger partial charge in [-0.1, -0.05) is 43.1 Å². The predicted molar refractivity (Wildman–Crippen MR) is 388 cm³/mol. The van der Waals surface area contributed by atoms with Crippen LogP contribution in [0.25, 0.3) is 0 Å². The van der Waals surface area contributed by atoms with Crippen LogP contribution in [0.1, 0.15) is 63.8 Å². The first-order valence-corrected chi connectivity index (χ1v) is 37.1. The van der Waals surface area contributed by atoms with Gasteiger partial charge in [-0.2, -0.15) is 0 Å². The summed E-state index contributed by atoms with van der Waals surface area (Å²) in [6.45, 7) is 3.03. The number of nitrogens with one attached hydrogen (secondary N) is 3. The molecule has 9 heterocycles. The number of aliphatic hydroxyl groups is 21. The van der Waals surface area contributed by atoms with Gasteiger partial charge >= 0.3 is 0 Å². The van der Waals surface area contributed by atoms with E-state index in [-0.39, 0.29) is 22.3 Å². The molecule has 0 radical (unpaired) electrons. The molecule has 0 bridgehead atoms. The summed E-state index contributed by atoms with van der Waals surface area (Å²) >= 11 is 0. The molecule has 0 spiro atoms. The number of methoxy groups -OCH3 is 3. The first-order chi connectivity index (χ1) is 53.9. The Balaban J connectivity index is 0.000000368. The predicted octanol–water partition coefficient (Wildman–Crippen LogP) is -14.7. The molecule has 9 fully saturated rings. The second kappa shape index (κ2) is 48.3. The van der Waals surface area contributed by atoms with E-state index in [2.05, 4.69) is 16.0 Å². The molecule has 48 heteroatoms. The highest BCUT2D eigenvalue weighted by Gasteiger charge is 2.59. The molecular weight excluding hydrogens is 1580 g/mol. The van der Waals surface area contributed by atoms with E-state index in [4.69, 9.17) is 102 Å². The molecule has 30 N–H and O–H groups in total. The lowest BCUT2D eigenvalue weighted by Gasteiger charge is -2.50. The van der Waals surface area contributed by atoms with E-state index >= 15 is 0 Å². The van der Waals surface area contributed by atoms with E-state index in [1.807, 2.05) is 0 Å². The van der Waals surface area contributed by atoms with Crippen LogP contribution in [-0.2, 0) is 99.6 Å². The average Bonchev–Trinajstić information content (AvgIpc) is 0.774. The molecule has 0 aromatic rings. The van der Waals surface area contributed by atoms with E-state index in [1.54, 1.807) is 20.8 Å². The van der Waals surface area contributed by atoms with Crippen molar-refractivity contribution in [2.75, 3.05) is 80.8 Å². The number of amides is 3. The second-order valence-electron chi connectivity index (χ2n) is 29.2. The third-order valence-corrected chi connectivity index (χ3v) is 21.5. The van der Waals surface area contributed by atoms with Gasteiger partial charge in [0.1, 0.15) is 146 Å². The molecule has 9 saturated heterocycles. The second-order valence-corrected chi connectivity index (χ2v) is 29.2. The summed E-state index contributed by atoms with van der Waals surface area (Å²) < 4.78 is 100. The minimum Gasteiger partial charge on any atom is -0.394 e. The largest absolute Gasteiger partial charge is 0.394 e. The number of carbonyl (C=O) groups is 3. The first kappa shape index (κ1) is 106. The molecule has 18 unspecified atom stereocenters. The lowest BCUT2D eigenvalue weighted by molar-refractivity contribution is -0.377. The Morgan fingerprint density at radius 1 is 0.265 bits per heavy atom. The number of nitrogens with two attached hydrogens (primary N) is 3. The molecule has 9 aliphatic rings. The third-order valence-electron chi connectivity index (χ3n) is 21.5. The summed E-state index contributed by atoms with van der Waals surface area (Å²) in [5, 5.41) is 223. The SMILES string of the molecule is C.C.C.CO[C@@H]1O[C@@H](CO)[C@@H](O[C@@H]2OC(CO)[C@@H](O[C@@H]3O[C@@H](CO)[C@@H](C)C(O)C3N)[C@H](O)C2N)C(O)C1N.CO[C@@H]1O[C@@H](CO)[C@@H](O[C@@H]2OC(CO)[C@@H](O[C@@H]3O[C@@H](CO)[C@@H](C)C(O)C3NC(C)=O)[C@H](O)C2NC(C)=O)C(O)C1NC(C)=O.CO[C@@H]1O[C@@H](CO)[C@@H](O[C@@H]2OC(CO)[C@@H](O[C@@H]3O[C@@H](CO)[C@@H](C)C(O)C3O)[C@H](O)C2O)C(O)C1O. The van der Waals surface area contributed by atoms with Gasteiger partial charge in [0.25, 0.3) is 0 Å². The minimum atomic E-state index is -1.83. The van der Waals surface area contributed by atoms with Crippen LogP contribution >= 0.6 is 0 Å². The maximum absolute atomic E-state index is 12.2. The molecule has 9 rings (SSSR count). The number of ether oxygens (including phenoxy) is 18. The van der Waals surface area contributed by atoms with Crippen molar-refractivity contribution in [1.29, 1.82) is 0 Å². The molecule has 117 heavy (non-hydrogen) atoms. The van der Waals surface area contributed by atoms with Crippen LogP contribution in [0.15, 0.2) is 0 Å². The van der Waals surface area contributed by atoms with Gasteiger partial charge in [-0.05, 0) is 0 Å². The minimum absolute atomic E-state index is 0. The summed E-state index contributed by atoms with van der Waals surface area (Å²) in [5.41, 5.74) is 18.1. The molecular formula is C69H132N6O42. The van der Waals surface area contributed by atoms with Crippen LogP contribution < -0.4 is 33.2 Å². The zero-order chi connectivity index (χ0) is 84.9. The number of hydrogen-bond donors (Lipinski definition) is 27. The number of rotatable bonds is 27. The van der Waals surface area contributed by atoms with Gasteiger partial charge in [0, 0.05) is 59.9 Å². The van der Waals surface area contributed by atoms with Crippen molar-refractivity contribution in [3.8, 4) is 0 Å². The molecule has 690 valence electrons. The van der Waals surface area contributed by atoms with Crippen molar-refractivity contribution in [2.24, 2.45) is 35.0 Å². The number of aliphatic hydroxyl groups excluding tert-OH is 21. The fourth-order valence-corrected chi connectivity index (χ4v) is 14.7. The van der Waals surface area contributed by atoms with E-state index in [0.29, 0.717) is 0 Å². The molecule has 45 atom stereocenters. The zero-order valence-electron chi connectivity index (χ0n) is 64.0. The lowest BCUT2D eigenvalue weighted by Crippen LogP contribution is -2.70. The monoisotopic (exact) mass is 1720 g/mol. The standard InChI is InChI=1S/C26H45N3O15.C20H39N3O12.C20H36O15.3CH4/c1-9-13(6-30)40-25(16(19(9)36)27-10(2)33)43-23-15(8-32)42-26(18(21(23)38)29-12(4)35)44-22-14(7-31)41-24(39-5)17(20(22)37)28-11(3)34;1-6-7(3-24)31-19(10(21)13(6)27)34-17-9(5-26)33-20(12(23)15(17)29)35-16-8(4-25)32-18(30-2)11(22)14(16)28;1-6-7(3-21)31-19(13(27)10(6)24)34-17-9(5-23)33-20(15(29)12(17)26)35-16-8(4-22)32-18(30-2)14(28)11(16)25;;;/h9,13-26,30-32,36-38H,6-8H2,1-5H3,(H,27,33)(H,28,34)(H,29,35);6-20,24-29H,3-5,21-23H2,1-2H3;6-29H,3-5H2,1-2H3;3*1H4/t9-,13+,14+,15?,16?,17?,18?,19?,20?,21-,22-,23-,24-,25+,26+;6-,7+,8+,9?,10?,11?,12?,13?,14?,15-,16-,17-,18-,19+,20+;6-,7+,8+,9?,10?,11?,12-,13?,14?,15?,16-,17-,18-,19+,20+;;;/m111.../s1. The molecule has 9 aliphatic heterocycles. The van der Waals surface area contributed by atoms with Gasteiger partial charge in [0.05, 0.1) is 114 Å². The van der Waals surface area contributed by atoms with Gasteiger partial charge in [0.15, 0.2) is 56.6 Å². The highest BCUT2D eigenvalue weighted by Crippen LogP contribution is 2.39. The fraction of sp³-hybridized carbons (Fsp3) is 0.957. The van der Waals surface area contributed by atoms with E-state index < -0.39 is 353 Å². The third kappa shape index (κ3) is 24.7. The van der Waals surface area contributed by atoms with Crippen molar-refractivity contribution in [1.82, 2.24) is 16.0 Å². The average molecular weight is 1720 g/mol. The highest BCUT2D eigenvalue weighted by molar-refractivity contribution is 5.74. The summed E-state index contributed by atoms with van der Waals surface area (Å²) in [5.74, 6) is -3.39. The molecule has 0 aliphatic carbocycles. The van der Waals surface area contributed by atoms with Gasteiger partial charge in [-0.3, -0.25) is 14.4 Å². The quantitative estimate of drug-likeness (QED) is 0.0363. The van der Waals surface area contributed by atoms with Gasteiger partial charge < -0.3 is 226 Å². The Hall–Kier alpha value is -3.27. The fourth-order valence-electron chi connectivity index (χ4n) is 14.7. The van der Waals surface area contributed by atoms with Gasteiger partial charge in [-0.15, -0.1) is 0 Å². The van der Waals surface area contributed by atoms with Crippen LogP contribution in [0.5, 0.6) is 0 Å². The normalized spacial score (nSPS) is 46.8. The van der Waals surface area contributed by atoms with Crippen molar-refractivity contribution >= 4 is 17.7 Å². The smallest absolute Gasteiger partial charge is 0.217 e. The van der Waals surface area contributed by atoms with Crippen LogP contribution in [0, 0.1) is 17.8 Å². The van der Waals surface area contributed by atoms with Crippen LogP contribution in [0.3, 0.4) is 0 Å². The summed E-state index contributed by atoms with van der Waals surface area (Å²) in [7, 11) is 3.83. The van der Waals surface area contributed by atoms with E-state index in [0.717, 1.165) is 6.92 Å². The number of carbonyl (C=O) groups excluding carboxylic acids is 3. The summed E-state index contributed by atoms with van der Waals surface area (Å²) in [6, 6.07) is -6.98. The van der Waals surface area contributed by atoms with Crippen molar-refractivity contribution in [3.63, 3.8) is 0 Å². The molecule has 0 saturated carbocycles. The van der Waals surface area contributed by atoms with Crippen molar-refractivity contribution < 1.29 is 207 Å². The van der Waals surface area contributed by atoms with Crippen LogP contribution in [-0.4, -0.2) is 463 Å². The maximum atomic E-state index is 12.2. The first-order valence-electron chi connectivity index (χ1n) is 37.1. The molecule has 0 aromatic heterocycles. The maximum Gasteiger partial charge on any atom is 0.217 e. The van der Waals surface area contributed by atoms with Crippen molar-refractivity contribution in [2.45, 2.75) is 321 Å². The topological polar surface area (TPSA) is 756 Å². The molecule has 0 aromatic carbocycles. The summed E-state index contributed by atoms with van der Waals surface area (Å²) in [4.78, 5) is 35.9. The van der Waals surface area contributed by atoms with Crippen LogP contribution in [0.4, 0.5) is 0 Å². The Morgan fingerprint density at radius 2 is 0.479 bits per heavy atom. The number of hydrogen-bond acceptors (Lipinski definition) is 45. The Bertz CT molecular complexity index is 2760. The Labute approximate surface area is 675 Å². The van der Waals surface area contributed by atoms with E-state index in [1.165, 1.54) is 35.2 Å². The Kier molecular flexibility index (Phi) is 43.8. The van der Waals surface area contributed by atoms with Crippen molar-refractivity contribution in [3.05, 3.63) is 0 Å². The molecule has 3 amide bonds. The zero-order valence-corrected chi connectivity index (χ0v) is 64.0. The van der Waals surface area contributed by atoms with Gasteiger partial charge in [-0.25, -0.2) is 0 Å². The lowest BCUT2D eigenvalue weighted by atomic mass is 9.89. The van der Waals surface area contributed by atoms with Gasteiger partial charge in [0.2, 0.25) is 17.7 Å². The summed E-state index contributed by atoms with van der Waals surface area (Å²) in [6.07, 6.45) is -48.4. The van der Waals surface area contributed by atoms with E-state index in [9.17, 15) is 122 Å². The highest BCUT2D eigenvalue weighted by atomic mass is 16.8. The Morgan fingerprint density at radius 3 is 0.838 bits per heavy atom. The molecule has 48 nitrogen and oxygen atoms in total.